The molecule has 11 nitrogen and oxygen atoms in total. The number of benzene rings is 1. The van der Waals surface area contributed by atoms with Crippen LogP contribution in [-0.2, 0) is 24.3 Å². The molecule has 0 aliphatic carbocycles. The molecule has 160 valence electrons. The fourth-order valence-corrected chi connectivity index (χ4v) is 4.10. The first-order valence-electron chi connectivity index (χ1n) is 9.07. The van der Waals surface area contributed by atoms with Crippen LogP contribution in [0.3, 0.4) is 0 Å². The fraction of sp³-hybridized carbons (Fsp3) is 0.529. The van der Waals surface area contributed by atoms with Gasteiger partial charge in [0.2, 0.25) is 15.9 Å². The molecular weight excluding hydrogens is 404 g/mol. The molecule has 29 heavy (non-hydrogen) atoms. The normalized spacial score (nSPS) is 15.1. The molecule has 0 spiro atoms. The number of rotatable bonds is 9. The Labute approximate surface area is 168 Å². The maximum absolute atomic E-state index is 12.3. The average Bonchev–Trinajstić information content (AvgIpc) is 2.68. The molecule has 0 bridgehead atoms. The van der Waals surface area contributed by atoms with E-state index in [4.69, 9.17) is 4.74 Å². The Bertz CT molecular complexity index is 851. The summed E-state index contributed by atoms with van der Waals surface area (Å²) in [7, 11) is -4.10. The zero-order valence-corrected chi connectivity index (χ0v) is 16.9. The number of nitro benzene ring substituents is 1. The molecule has 1 aliphatic heterocycles. The molecule has 0 aromatic heterocycles. The fourth-order valence-electron chi connectivity index (χ4n) is 2.90. The maximum Gasteiger partial charge on any atom is 0.302 e. The van der Waals surface area contributed by atoms with Crippen molar-refractivity contribution in [3.63, 3.8) is 0 Å². The van der Waals surface area contributed by atoms with Gasteiger partial charge in [-0.05, 0) is 6.07 Å². The van der Waals surface area contributed by atoms with E-state index in [0.29, 0.717) is 39.3 Å². The van der Waals surface area contributed by atoms with Gasteiger partial charge in [-0.3, -0.25) is 24.6 Å². The number of hydrogen-bond donors (Lipinski definition) is 1. The lowest BCUT2D eigenvalue weighted by atomic mass is 10.3. The van der Waals surface area contributed by atoms with Gasteiger partial charge in [-0.2, -0.15) is 0 Å². The van der Waals surface area contributed by atoms with Crippen LogP contribution in [0.5, 0.6) is 0 Å². The Morgan fingerprint density at radius 2 is 1.86 bits per heavy atom. The van der Waals surface area contributed by atoms with Crippen molar-refractivity contribution in [2.45, 2.75) is 18.2 Å². The lowest BCUT2D eigenvalue weighted by Gasteiger charge is -2.34. The predicted molar refractivity (Wildman–Crippen MR) is 103 cm³/mol. The van der Waals surface area contributed by atoms with Crippen LogP contribution in [0.2, 0.25) is 0 Å². The molecule has 1 N–H and O–H groups in total. The van der Waals surface area contributed by atoms with Crippen molar-refractivity contribution in [2.75, 3.05) is 45.9 Å². The SMILES string of the molecule is CC(=O)OCCN1CCN(C(=O)CCNS(=O)(=O)c2ccccc2[N+](=O)[O-])CC1. The summed E-state index contributed by atoms with van der Waals surface area (Å²) in [5.41, 5.74) is -0.517. The molecule has 1 fully saturated rings. The molecule has 0 unspecified atom stereocenters. The van der Waals surface area contributed by atoms with Gasteiger partial charge in [-0.1, -0.05) is 12.1 Å². The summed E-state index contributed by atoms with van der Waals surface area (Å²) >= 11 is 0. The Morgan fingerprint density at radius 3 is 2.48 bits per heavy atom. The van der Waals surface area contributed by atoms with Gasteiger partial charge in [0, 0.05) is 58.7 Å². The highest BCUT2D eigenvalue weighted by molar-refractivity contribution is 7.89. The zero-order valence-electron chi connectivity index (χ0n) is 16.1. The molecule has 1 aromatic carbocycles. The monoisotopic (exact) mass is 428 g/mol. The first kappa shape index (κ1) is 22.7. The number of ether oxygens (including phenoxy) is 1. The van der Waals surface area contributed by atoms with E-state index in [2.05, 4.69) is 9.62 Å². The van der Waals surface area contributed by atoms with Crippen LogP contribution < -0.4 is 4.72 Å². The Morgan fingerprint density at radius 1 is 1.21 bits per heavy atom. The van der Waals surface area contributed by atoms with Crippen LogP contribution in [0.15, 0.2) is 29.2 Å². The zero-order chi connectivity index (χ0) is 21.4. The number of esters is 1. The number of sulfonamides is 1. The number of nitrogens with one attached hydrogen (secondary N) is 1. The van der Waals surface area contributed by atoms with Gasteiger partial charge >= 0.3 is 5.97 Å². The van der Waals surface area contributed by atoms with E-state index < -0.39 is 25.5 Å². The van der Waals surface area contributed by atoms with Crippen LogP contribution in [0, 0.1) is 10.1 Å². The van der Waals surface area contributed by atoms with E-state index in [1.165, 1.54) is 19.1 Å². The molecule has 1 aromatic rings. The van der Waals surface area contributed by atoms with Crippen molar-refractivity contribution in [1.29, 1.82) is 0 Å². The van der Waals surface area contributed by atoms with Crippen LogP contribution in [0.25, 0.3) is 0 Å². The molecule has 0 saturated carbocycles. The molecular formula is C17H24N4O7S. The molecule has 1 saturated heterocycles. The van der Waals surface area contributed by atoms with Crippen LogP contribution in [0.4, 0.5) is 5.69 Å². The van der Waals surface area contributed by atoms with Crippen molar-refractivity contribution in [1.82, 2.24) is 14.5 Å². The van der Waals surface area contributed by atoms with Gasteiger partial charge in [0.05, 0.1) is 4.92 Å². The van der Waals surface area contributed by atoms with E-state index in [0.717, 1.165) is 12.1 Å². The van der Waals surface area contributed by atoms with Crippen LogP contribution in [0.1, 0.15) is 13.3 Å². The van der Waals surface area contributed by atoms with Crippen molar-refractivity contribution >= 4 is 27.6 Å². The summed E-state index contributed by atoms with van der Waals surface area (Å²) in [4.78, 5) is 36.6. The van der Waals surface area contributed by atoms with Gasteiger partial charge < -0.3 is 9.64 Å². The first-order chi connectivity index (χ1) is 13.7. The minimum absolute atomic E-state index is 0.0483. The summed E-state index contributed by atoms with van der Waals surface area (Å²) in [5.74, 6) is -0.531. The minimum atomic E-state index is -4.10. The summed E-state index contributed by atoms with van der Waals surface area (Å²) in [5, 5.41) is 11.0. The molecule has 1 amide bonds. The number of hydrogen-bond acceptors (Lipinski definition) is 8. The van der Waals surface area contributed by atoms with Gasteiger partial charge in [-0.25, -0.2) is 13.1 Å². The van der Waals surface area contributed by atoms with Gasteiger partial charge in [0.25, 0.3) is 5.69 Å². The van der Waals surface area contributed by atoms with Crippen LogP contribution in [-0.4, -0.2) is 80.9 Å². The number of carbonyl (C=O) groups excluding carboxylic acids is 2. The lowest BCUT2D eigenvalue weighted by molar-refractivity contribution is -0.387. The summed E-state index contributed by atoms with van der Waals surface area (Å²) in [6.07, 6.45) is -0.0483. The van der Waals surface area contributed by atoms with Crippen molar-refractivity contribution in [3.8, 4) is 0 Å². The summed E-state index contributed by atoms with van der Waals surface area (Å²) in [6, 6.07) is 5.04. The third-order valence-electron chi connectivity index (χ3n) is 4.42. The molecule has 1 heterocycles. The topological polar surface area (TPSA) is 139 Å². The van der Waals surface area contributed by atoms with Gasteiger partial charge in [-0.15, -0.1) is 0 Å². The highest BCUT2D eigenvalue weighted by Gasteiger charge is 2.26. The number of nitrogens with zero attached hydrogens (tertiary/aromatic N) is 3. The predicted octanol–water partition coefficient (Wildman–Crippen LogP) is -0.0295. The Hall–Kier alpha value is -2.57. The second-order valence-corrected chi connectivity index (χ2v) is 8.17. The van der Waals surface area contributed by atoms with Crippen molar-refractivity contribution < 1.29 is 27.7 Å². The maximum atomic E-state index is 12.3. The number of carbonyl (C=O) groups is 2. The molecule has 0 radical (unpaired) electrons. The van der Waals surface area contributed by atoms with Crippen molar-refractivity contribution in [3.05, 3.63) is 34.4 Å². The smallest absolute Gasteiger partial charge is 0.302 e. The van der Waals surface area contributed by atoms with Crippen molar-refractivity contribution in [2.24, 2.45) is 0 Å². The number of para-hydroxylation sites is 1. The second-order valence-electron chi connectivity index (χ2n) is 6.44. The van der Waals surface area contributed by atoms with Gasteiger partial charge in [0.1, 0.15) is 6.61 Å². The molecule has 2 rings (SSSR count). The molecule has 12 heteroatoms. The molecule has 1 aliphatic rings. The number of amides is 1. The highest BCUT2D eigenvalue weighted by atomic mass is 32.2. The third kappa shape index (κ3) is 6.76. The Kier molecular flexibility index (Phi) is 8.05. The number of piperazine rings is 1. The average molecular weight is 428 g/mol. The van der Waals surface area contributed by atoms with E-state index >= 15 is 0 Å². The minimum Gasteiger partial charge on any atom is -0.465 e. The number of nitro groups is 1. The largest absolute Gasteiger partial charge is 0.465 e. The second kappa shape index (κ2) is 10.3. The van der Waals surface area contributed by atoms with E-state index in [1.807, 2.05) is 0 Å². The van der Waals surface area contributed by atoms with Crippen LogP contribution >= 0.6 is 0 Å². The highest BCUT2D eigenvalue weighted by Crippen LogP contribution is 2.22. The van der Waals surface area contributed by atoms with E-state index in [-0.39, 0.29) is 24.8 Å². The summed E-state index contributed by atoms with van der Waals surface area (Å²) < 4.78 is 31.8. The quantitative estimate of drug-likeness (QED) is 0.329. The standard InChI is InChI=1S/C17H24N4O7S/c1-14(22)28-13-12-19-8-10-20(11-9-19)17(23)6-7-18-29(26,27)16-5-3-2-4-15(16)21(24)25/h2-5,18H,6-13H2,1H3. The van der Waals surface area contributed by atoms with E-state index in [1.54, 1.807) is 4.90 Å². The lowest BCUT2D eigenvalue weighted by Crippen LogP contribution is -2.49. The first-order valence-corrected chi connectivity index (χ1v) is 10.6. The van der Waals surface area contributed by atoms with Gasteiger partial charge in [0.15, 0.2) is 4.90 Å². The third-order valence-corrected chi connectivity index (χ3v) is 5.93. The summed E-state index contributed by atoms with van der Waals surface area (Å²) in [6.45, 7) is 4.35. The Balaban J connectivity index is 1.79. The molecule has 0 atom stereocenters. The van der Waals surface area contributed by atoms with E-state index in [9.17, 15) is 28.1 Å².